The molecule has 2 aromatic rings. The third-order valence-electron chi connectivity index (χ3n) is 3.88. The molecule has 2 heterocycles. The first kappa shape index (κ1) is 17.3. The third-order valence-corrected chi connectivity index (χ3v) is 3.88. The Morgan fingerprint density at radius 1 is 1.36 bits per heavy atom. The molecule has 1 aliphatic rings. The average molecular weight is 345 g/mol. The third kappa shape index (κ3) is 4.51. The number of nitrogens with zero attached hydrogens (tertiary/aromatic N) is 2. The van der Waals surface area contributed by atoms with Crippen LogP contribution in [-0.2, 0) is 4.79 Å². The minimum atomic E-state index is -0.161. The van der Waals surface area contributed by atoms with Crippen molar-refractivity contribution >= 4 is 11.8 Å². The molecular formula is C18H23N3O4. The van der Waals surface area contributed by atoms with Gasteiger partial charge in [0.25, 0.3) is 0 Å². The van der Waals surface area contributed by atoms with Crippen LogP contribution in [0.5, 0.6) is 11.5 Å². The molecule has 134 valence electrons. The summed E-state index contributed by atoms with van der Waals surface area (Å²) in [6.07, 6.45) is -0.120. The van der Waals surface area contributed by atoms with E-state index in [2.05, 4.69) is 10.5 Å². The summed E-state index contributed by atoms with van der Waals surface area (Å²) in [4.78, 5) is 14.0. The Bertz CT molecular complexity index is 729. The quantitative estimate of drug-likeness (QED) is 0.867. The summed E-state index contributed by atoms with van der Waals surface area (Å²) in [5.74, 6) is 1.95. The zero-order valence-electron chi connectivity index (χ0n) is 14.7. The highest BCUT2D eigenvalue weighted by molar-refractivity contribution is 5.90. The Kier molecular flexibility index (Phi) is 5.23. The summed E-state index contributed by atoms with van der Waals surface area (Å²) in [6, 6.07) is 9.32. The van der Waals surface area contributed by atoms with Crippen LogP contribution in [-0.4, -0.2) is 48.8 Å². The maximum atomic E-state index is 12.1. The molecule has 0 bridgehead atoms. The number of rotatable bonds is 6. The smallest absolute Gasteiger partial charge is 0.240 e. The molecule has 0 aliphatic carbocycles. The van der Waals surface area contributed by atoms with Gasteiger partial charge in [0.1, 0.15) is 12.7 Å². The number of carbonyl (C=O) groups excluding carboxylic acids is 1. The van der Waals surface area contributed by atoms with Crippen molar-refractivity contribution in [3.8, 4) is 11.5 Å². The molecule has 0 radical (unpaired) electrons. The van der Waals surface area contributed by atoms with Crippen molar-refractivity contribution in [2.24, 2.45) is 0 Å². The van der Waals surface area contributed by atoms with E-state index in [1.807, 2.05) is 50.1 Å². The Hall–Kier alpha value is -2.54. The number of benzene rings is 1. The summed E-state index contributed by atoms with van der Waals surface area (Å²) in [6.45, 7) is 5.29. The van der Waals surface area contributed by atoms with Crippen molar-refractivity contribution in [1.29, 1.82) is 0 Å². The van der Waals surface area contributed by atoms with Gasteiger partial charge in [0.05, 0.1) is 12.2 Å². The van der Waals surface area contributed by atoms with Crippen LogP contribution < -0.4 is 14.8 Å². The fourth-order valence-corrected chi connectivity index (χ4v) is 2.61. The second kappa shape index (κ2) is 7.57. The standard InChI is InChI=1S/C18H23N3O4/c1-12(2)14-8-18(25-20-14)19-17(22)10-21(3)9-13-11-23-15-6-4-5-7-16(15)24-13/h4-8,12-13H,9-11H2,1-3H3,(H,19,22)/t13-/m0/s1. The van der Waals surface area contributed by atoms with Crippen molar-refractivity contribution in [1.82, 2.24) is 10.1 Å². The monoisotopic (exact) mass is 345 g/mol. The lowest BCUT2D eigenvalue weighted by atomic mass is 10.1. The van der Waals surface area contributed by atoms with Crippen molar-refractivity contribution < 1.29 is 18.8 Å². The SMILES string of the molecule is CC(C)c1cc(NC(=O)CN(C)C[C@H]2COc3ccccc3O2)on1. The van der Waals surface area contributed by atoms with Gasteiger partial charge < -0.3 is 14.0 Å². The van der Waals surface area contributed by atoms with E-state index in [0.29, 0.717) is 19.0 Å². The molecule has 7 heteroatoms. The Morgan fingerprint density at radius 2 is 2.12 bits per heavy atom. The number of hydrogen-bond acceptors (Lipinski definition) is 6. The Labute approximate surface area is 146 Å². The van der Waals surface area contributed by atoms with Gasteiger partial charge >= 0.3 is 0 Å². The van der Waals surface area contributed by atoms with Crippen LogP contribution in [0.1, 0.15) is 25.5 Å². The van der Waals surface area contributed by atoms with E-state index < -0.39 is 0 Å². The number of ether oxygens (including phenoxy) is 2. The van der Waals surface area contributed by atoms with Crippen LogP contribution in [0.4, 0.5) is 5.88 Å². The first-order valence-electron chi connectivity index (χ1n) is 8.34. The molecule has 1 aromatic heterocycles. The largest absolute Gasteiger partial charge is 0.486 e. The van der Waals surface area contributed by atoms with Gasteiger partial charge in [-0.2, -0.15) is 0 Å². The van der Waals surface area contributed by atoms with Crippen LogP contribution in [0.2, 0.25) is 0 Å². The van der Waals surface area contributed by atoms with Gasteiger partial charge in [-0.15, -0.1) is 0 Å². The number of fused-ring (bicyclic) bond motifs is 1. The number of carbonyl (C=O) groups is 1. The van der Waals surface area contributed by atoms with Gasteiger partial charge in [0.15, 0.2) is 11.5 Å². The minimum Gasteiger partial charge on any atom is -0.486 e. The van der Waals surface area contributed by atoms with Crippen LogP contribution in [0.15, 0.2) is 34.9 Å². The van der Waals surface area contributed by atoms with E-state index >= 15 is 0 Å². The minimum absolute atomic E-state index is 0.120. The van der Waals surface area contributed by atoms with Gasteiger partial charge in [-0.3, -0.25) is 15.0 Å². The topological polar surface area (TPSA) is 76.8 Å². The first-order valence-corrected chi connectivity index (χ1v) is 8.34. The summed E-state index contributed by atoms with van der Waals surface area (Å²) in [7, 11) is 1.86. The van der Waals surface area contributed by atoms with Crippen LogP contribution in [0, 0.1) is 0 Å². The van der Waals surface area contributed by atoms with Crippen molar-refractivity contribution in [2.45, 2.75) is 25.9 Å². The number of amides is 1. The predicted octanol–water partition coefficient (Wildman–Crippen LogP) is 2.51. The average Bonchev–Trinajstić information content (AvgIpc) is 3.03. The summed E-state index contributed by atoms with van der Waals surface area (Å²) in [5, 5.41) is 6.64. The predicted molar refractivity (Wildman–Crippen MR) is 93.1 cm³/mol. The summed E-state index contributed by atoms with van der Waals surface area (Å²) < 4.78 is 16.7. The van der Waals surface area contributed by atoms with E-state index in [-0.39, 0.29) is 24.5 Å². The lowest BCUT2D eigenvalue weighted by Crippen LogP contribution is -2.42. The number of hydrogen-bond donors (Lipinski definition) is 1. The van der Waals surface area contributed by atoms with Gasteiger partial charge in [0, 0.05) is 12.6 Å². The van der Waals surface area contributed by atoms with Gasteiger partial charge in [-0.25, -0.2) is 0 Å². The molecule has 1 atom stereocenters. The van der Waals surface area contributed by atoms with E-state index in [0.717, 1.165) is 17.2 Å². The van der Waals surface area contributed by atoms with E-state index in [4.69, 9.17) is 14.0 Å². The Morgan fingerprint density at radius 3 is 2.84 bits per heavy atom. The van der Waals surface area contributed by atoms with E-state index in [1.165, 1.54) is 0 Å². The molecule has 0 spiro atoms. The second-order valence-electron chi connectivity index (χ2n) is 6.51. The molecule has 0 fully saturated rings. The molecule has 0 saturated carbocycles. The molecule has 3 rings (SSSR count). The number of anilines is 1. The first-order chi connectivity index (χ1) is 12.0. The summed E-state index contributed by atoms with van der Waals surface area (Å²) >= 11 is 0. The van der Waals surface area contributed by atoms with Crippen LogP contribution >= 0.6 is 0 Å². The molecule has 7 nitrogen and oxygen atoms in total. The van der Waals surface area contributed by atoms with Crippen molar-refractivity contribution in [3.63, 3.8) is 0 Å². The second-order valence-corrected chi connectivity index (χ2v) is 6.51. The molecule has 1 amide bonds. The lowest BCUT2D eigenvalue weighted by molar-refractivity contribution is -0.117. The highest BCUT2D eigenvalue weighted by atomic mass is 16.6. The van der Waals surface area contributed by atoms with Gasteiger partial charge in [-0.1, -0.05) is 31.1 Å². The van der Waals surface area contributed by atoms with Crippen LogP contribution in [0.25, 0.3) is 0 Å². The van der Waals surface area contributed by atoms with E-state index in [1.54, 1.807) is 6.07 Å². The number of aromatic nitrogens is 1. The molecule has 25 heavy (non-hydrogen) atoms. The number of likely N-dealkylation sites (N-methyl/N-ethyl adjacent to an activating group) is 1. The fourth-order valence-electron chi connectivity index (χ4n) is 2.61. The molecule has 1 aliphatic heterocycles. The number of nitrogens with one attached hydrogen (secondary N) is 1. The highest BCUT2D eigenvalue weighted by Gasteiger charge is 2.22. The van der Waals surface area contributed by atoms with Gasteiger partial charge in [0.2, 0.25) is 11.8 Å². The maximum Gasteiger partial charge on any atom is 0.240 e. The number of para-hydroxylation sites is 2. The zero-order chi connectivity index (χ0) is 17.8. The maximum absolute atomic E-state index is 12.1. The van der Waals surface area contributed by atoms with Crippen molar-refractivity contribution in [2.75, 3.05) is 32.1 Å². The molecular weight excluding hydrogens is 322 g/mol. The molecule has 1 aromatic carbocycles. The Balaban J connectivity index is 1.47. The molecule has 0 unspecified atom stereocenters. The van der Waals surface area contributed by atoms with E-state index in [9.17, 15) is 4.79 Å². The van der Waals surface area contributed by atoms with Crippen molar-refractivity contribution in [3.05, 3.63) is 36.0 Å². The zero-order valence-corrected chi connectivity index (χ0v) is 14.7. The highest BCUT2D eigenvalue weighted by Crippen LogP contribution is 2.30. The normalized spacial score (nSPS) is 16.3. The molecule has 0 saturated heterocycles. The summed E-state index contributed by atoms with van der Waals surface area (Å²) in [5.41, 5.74) is 0.815. The lowest BCUT2D eigenvalue weighted by Gasteiger charge is -2.29. The van der Waals surface area contributed by atoms with Crippen LogP contribution in [0.3, 0.4) is 0 Å². The van der Waals surface area contributed by atoms with Gasteiger partial charge in [-0.05, 0) is 25.1 Å². The molecule has 1 N–H and O–H groups in total. The fraction of sp³-hybridized carbons (Fsp3) is 0.444.